The SMILES string of the molecule is Cc1ccc(C(=O)Nc2c(C)cc(C)cc2Br)c(Cl)c1. The van der Waals surface area contributed by atoms with Crippen molar-refractivity contribution in [1.82, 2.24) is 0 Å². The minimum absolute atomic E-state index is 0.206. The fraction of sp³-hybridized carbons (Fsp3) is 0.188. The molecule has 0 heterocycles. The monoisotopic (exact) mass is 351 g/mol. The molecule has 0 atom stereocenters. The first kappa shape index (κ1) is 15.1. The fourth-order valence-corrected chi connectivity index (χ4v) is 3.15. The molecule has 0 saturated carbocycles. The molecule has 0 spiro atoms. The Balaban J connectivity index is 2.33. The van der Waals surface area contributed by atoms with Gasteiger partial charge in [-0.2, -0.15) is 0 Å². The molecular weight excluding hydrogens is 338 g/mol. The second-order valence-corrected chi connectivity index (χ2v) is 6.14. The number of hydrogen-bond acceptors (Lipinski definition) is 1. The normalized spacial score (nSPS) is 10.4. The summed E-state index contributed by atoms with van der Waals surface area (Å²) in [4.78, 5) is 12.3. The van der Waals surface area contributed by atoms with E-state index in [-0.39, 0.29) is 5.91 Å². The standard InChI is InChI=1S/C16H15BrClNO/c1-9-4-5-12(14(18)8-9)16(20)19-15-11(3)6-10(2)7-13(15)17/h4-8H,1-3H3,(H,19,20). The van der Waals surface area contributed by atoms with Gasteiger partial charge in [-0.1, -0.05) is 23.7 Å². The summed E-state index contributed by atoms with van der Waals surface area (Å²) in [7, 11) is 0. The molecule has 0 aromatic heterocycles. The van der Waals surface area contributed by atoms with E-state index in [0.29, 0.717) is 10.6 Å². The zero-order chi connectivity index (χ0) is 14.9. The third-order valence-electron chi connectivity index (χ3n) is 3.04. The van der Waals surface area contributed by atoms with Crippen molar-refractivity contribution in [3.8, 4) is 0 Å². The van der Waals surface area contributed by atoms with Gasteiger partial charge in [0.2, 0.25) is 0 Å². The number of carbonyl (C=O) groups excluding carboxylic acids is 1. The maximum absolute atomic E-state index is 12.3. The zero-order valence-electron chi connectivity index (χ0n) is 11.6. The maximum atomic E-state index is 12.3. The van der Waals surface area contributed by atoms with E-state index in [9.17, 15) is 4.79 Å². The first-order chi connectivity index (χ1) is 9.38. The second-order valence-electron chi connectivity index (χ2n) is 4.88. The molecule has 0 unspecified atom stereocenters. The second kappa shape index (κ2) is 5.98. The van der Waals surface area contributed by atoms with Crippen LogP contribution in [0.2, 0.25) is 5.02 Å². The number of nitrogens with one attached hydrogen (secondary N) is 1. The predicted molar refractivity (Wildman–Crippen MR) is 87.8 cm³/mol. The molecule has 0 saturated heterocycles. The average Bonchev–Trinajstić information content (AvgIpc) is 2.33. The minimum atomic E-state index is -0.206. The Morgan fingerprint density at radius 2 is 1.80 bits per heavy atom. The molecule has 2 aromatic rings. The number of carbonyl (C=O) groups is 1. The Labute approximate surface area is 132 Å². The molecule has 1 N–H and O–H groups in total. The number of rotatable bonds is 2. The summed E-state index contributed by atoms with van der Waals surface area (Å²) < 4.78 is 0.867. The van der Waals surface area contributed by atoms with Gasteiger partial charge in [-0.25, -0.2) is 0 Å². The zero-order valence-corrected chi connectivity index (χ0v) is 13.9. The number of benzene rings is 2. The summed E-state index contributed by atoms with van der Waals surface area (Å²) in [6.07, 6.45) is 0. The maximum Gasteiger partial charge on any atom is 0.257 e. The lowest BCUT2D eigenvalue weighted by molar-refractivity contribution is 0.102. The molecule has 0 radical (unpaired) electrons. The topological polar surface area (TPSA) is 29.1 Å². The lowest BCUT2D eigenvalue weighted by Crippen LogP contribution is -2.14. The first-order valence-electron chi connectivity index (χ1n) is 6.22. The number of amides is 1. The number of hydrogen-bond donors (Lipinski definition) is 1. The van der Waals surface area contributed by atoms with Gasteiger partial charge in [0.15, 0.2) is 0 Å². The van der Waals surface area contributed by atoms with Gasteiger partial charge in [0.05, 0.1) is 16.3 Å². The van der Waals surface area contributed by atoms with Gasteiger partial charge in [-0.05, 0) is 71.6 Å². The summed E-state index contributed by atoms with van der Waals surface area (Å²) >= 11 is 9.60. The molecule has 1 amide bonds. The van der Waals surface area contributed by atoms with E-state index >= 15 is 0 Å². The molecule has 2 rings (SSSR count). The van der Waals surface area contributed by atoms with Crippen LogP contribution in [-0.2, 0) is 0 Å². The Hall–Kier alpha value is -1.32. The van der Waals surface area contributed by atoms with Gasteiger partial charge in [-0.3, -0.25) is 4.79 Å². The van der Waals surface area contributed by atoms with Crippen molar-refractivity contribution in [3.05, 3.63) is 62.1 Å². The lowest BCUT2D eigenvalue weighted by atomic mass is 10.1. The van der Waals surface area contributed by atoms with Gasteiger partial charge in [-0.15, -0.1) is 0 Å². The Bertz CT molecular complexity index is 659. The van der Waals surface area contributed by atoms with Gasteiger partial charge < -0.3 is 5.32 Å². The van der Waals surface area contributed by atoms with Crippen LogP contribution in [0.4, 0.5) is 5.69 Å². The van der Waals surface area contributed by atoms with Crippen LogP contribution in [0.3, 0.4) is 0 Å². The molecule has 20 heavy (non-hydrogen) atoms. The Morgan fingerprint density at radius 1 is 1.10 bits per heavy atom. The molecule has 4 heteroatoms. The summed E-state index contributed by atoms with van der Waals surface area (Å²) in [5.74, 6) is -0.206. The van der Waals surface area contributed by atoms with Crippen molar-refractivity contribution in [2.24, 2.45) is 0 Å². The van der Waals surface area contributed by atoms with Crippen molar-refractivity contribution in [1.29, 1.82) is 0 Å². The quantitative estimate of drug-likeness (QED) is 0.782. The number of anilines is 1. The van der Waals surface area contributed by atoms with E-state index in [4.69, 9.17) is 11.6 Å². The van der Waals surface area contributed by atoms with Crippen LogP contribution >= 0.6 is 27.5 Å². The molecule has 0 aliphatic carbocycles. The van der Waals surface area contributed by atoms with E-state index in [2.05, 4.69) is 21.2 Å². The predicted octanol–water partition coefficient (Wildman–Crippen LogP) is 5.28. The van der Waals surface area contributed by atoms with E-state index in [1.165, 1.54) is 0 Å². The van der Waals surface area contributed by atoms with Crippen molar-refractivity contribution in [3.63, 3.8) is 0 Å². The Morgan fingerprint density at radius 3 is 2.40 bits per heavy atom. The largest absolute Gasteiger partial charge is 0.321 e. The van der Waals surface area contributed by atoms with E-state index in [0.717, 1.165) is 26.9 Å². The average molecular weight is 353 g/mol. The molecule has 0 bridgehead atoms. The molecule has 0 aliphatic heterocycles. The van der Waals surface area contributed by atoms with Crippen LogP contribution in [0.15, 0.2) is 34.8 Å². The molecule has 0 aliphatic rings. The van der Waals surface area contributed by atoms with Crippen LogP contribution in [0.25, 0.3) is 0 Å². The van der Waals surface area contributed by atoms with Crippen LogP contribution in [0, 0.1) is 20.8 Å². The third kappa shape index (κ3) is 3.22. The highest BCUT2D eigenvalue weighted by Crippen LogP contribution is 2.29. The smallest absolute Gasteiger partial charge is 0.257 e. The summed E-state index contributed by atoms with van der Waals surface area (Å²) in [6.45, 7) is 5.92. The number of aryl methyl sites for hydroxylation is 3. The van der Waals surface area contributed by atoms with Crippen molar-refractivity contribution in [2.45, 2.75) is 20.8 Å². The van der Waals surface area contributed by atoms with Crippen molar-refractivity contribution < 1.29 is 4.79 Å². The van der Waals surface area contributed by atoms with Crippen LogP contribution in [0.1, 0.15) is 27.0 Å². The van der Waals surface area contributed by atoms with Gasteiger partial charge in [0, 0.05) is 4.47 Å². The Kier molecular flexibility index (Phi) is 4.51. The van der Waals surface area contributed by atoms with E-state index in [1.54, 1.807) is 12.1 Å². The molecule has 2 aromatic carbocycles. The molecule has 104 valence electrons. The van der Waals surface area contributed by atoms with Gasteiger partial charge in [0.25, 0.3) is 5.91 Å². The highest BCUT2D eigenvalue weighted by Gasteiger charge is 2.13. The van der Waals surface area contributed by atoms with Crippen molar-refractivity contribution in [2.75, 3.05) is 5.32 Å². The van der Waals surface area contributed by atoms with Gasteiger partial charge >= 0.3 is 0 Å². The third-order valence-corrected chi connectivity index (χ3v) is 3.98. The molecule has 2 nitrogen and oxygen atoms in total. The van der Waals surface area contributed by atoms with E-state index in [1.807, 2.05) is 39.0 Å². The molecular formula is C16H15BrClNO. The van der Waals surface area contributed by atoms with E-state index < -0.39 is 0 Å². The fourth-order valence-electron chi connectivity index (χ4n) is 2.06. The summed E-state index contributed by atoms with van der Waals surface area (Å²) in [5.41, 5.74) is 4.43. The van der Waals surface area contributed by atoms with Crippen LogP contribution < -0.4 is 5.32 Å². The molecule has 0 fully saturated rings. The first-order valence-corrected chi connectivity index (χ1v) is 7.40. The van der Waals surface area contributed by atoms with Crippen LogP contribution in [0.5, 0.6) is 0 Å². The van der Waals surface area contributed by atoms with Gasteiger partial charge in [0.1, 0.15) is 0 Å². The highest BCUT2D eigenvalue weighted by atomic mass is 79.9. The van der Waals surface area contributed by atoms with Crippen molar-refractivity contribution >= 4 is 39.1 Å². The van der Waals surface area contributed by atoms with Crippen LogP contribution in [-0.4, -0.2) is 5.91 Å². The summed E-state index contributed by atoms with van der Waals surface area (Å²) in [6, 6.07) is 9.40. The summed E-state index contributed by atoms with van der Waals surface area (Å²) in [5, 5.41) is 3.37. The lowest BCUT2D eigenvalue weighted by Gasteiger charge is -2.12. The number of halogens is 2. The highest BCUT2D eigenvalue weighted by molar-refractivity contribution is 9.10. The minimum Gasteiger partial charge on any atom is -0.321 e.